The number of ether oxygens (including phenoxy) is 1. The standard InChI is InChI=1S/C10H15NO.C7H12O2/c1-8-7-9(5-6-12)3-4-10(8)11-2;8-4-1-7-2-5-9-6-3-7/h3-4,7,11-12H,5-6H2,1-2H3;4,7H,1-3,5-6H2. The van der Waals surface area contributed by atoms with Crippen molar-refractivity contribution < 1.29 is 14.6 Å². The van der Waals surface area contributed by atoms with Crippen LogP contribution in [-0.2, 0) is 16.0 Å². The fraction of sp³-hybridized carbons (Fsp3) is 0.588. The average molecular weight is 293 g/mol. The molecule has 21 heavy (non-hydrogen) atoms. The summed E-state index contributed by atoms with van der Waals surface area (Å²) < 4.78 is 5.13. The summed E-state index contributed by atoms with van der Waals surface area (Å²) in [6, 6.07) is 6.18. The Morgan fingerprint density at radius 3 is 2.62 bits per heavy atom. The fourth-order valence-corrected chi connectivity index (χ4v) is 2.41. The minimum absolute atomic E-state index is 0.221. The summed E-state index contributed by atoms with van der Waals surface area (Å²) in [4.78, 5) is 10.0. The van der Waals surface area contributed by atoms with Crippen molar-refractivity contribution in [3.05, 3.63) is 29.3 Å². The van der Waals surface area contributed by atoms with Crippen LogP contribution in [0.4, 0.5) is 5.69 Å². The number of anilines is 1. The van der Waals surface area contributed by atoms with Gasteiger partial charge >= 0.3 is 0 Å². The van der Waals surface area contributed by atoms with Crippen molar-refractivity contribution in [2.45, 2.75) is 32.6 Å². The Labute approximate surface area is 127 Å². The van der Waals surface area contributed by atoms with Crippen molar-refractivity contribution in [2.24, 2.45) is 5.92 Å². The van der Waals surface area contributed by atoms with Crippen LogP contribution in [0.3, 0.4) is 0 Å². The molecule has 1 saturated heterocycles. The van der Waals surface area contributed by atoms with Crippen molar-refractivity contribution in [1.29, 1.82) is 0 Å². The molecule has 2 rings (SSSR count). The summed E-state index contributed by atoms with van der Waals surface area (Å²) in [6.45, 7) is 3.97. The van der Waals surface area contributed by atoms with Crippen molar-refractivity contribution in [2.75, 3.05) is 32.2 Å². The molecule has 0 radical (unpaired) electrons. The second-order valence-electron chi connectivity index (χ2n) is 5.33. The molecule has 0 unspecified atom stereocenters. The second-order valence-corrected chi connectivity index (χ2v) is 5.33. The highest BCUT2D eigenvalue weighted by Crippen LogP contribution is 2.16. The Morgan fingerprint density at radius 1 is 1.38 bits per heavy atom. The maximum absolute atomic E-state index is 10.0. The molecule has 0 bridgehead atoms. The topological polar surface area (TPSA) is 58.6 Å². The van der Waals surface area contributed by atoms with E-state index in [0.29, 0.717) is 5.92 Å². The lowest BCUT2D eigenvalue weighted by molar-refractivity contribution is -0.109. The Balaban J connectivity index is 0.000000219. The van der Waals surface area contributed by atoms with E-state index < -0.39 is 0 Å². The largest absolute Gasteiger partial charge is 0.396 e. The number of rotatable bonds is 5. The lowest BCUT2D eigenvalue weighted by Gasteiger charge is -2.19. The Kier molecular flexibility index (Phi) is 8.71. The number of aliphatic hydroxyl groups excluding tert-OH is 1. The molecular formula is C17H27NO3. The van der Waals surface area contributed by atoms with Gasteiger partial charge in [0.05, 0.1) is 0 Å². The van der Waals surface area contributed by atoms with Gasteiger partial charge in [0.2, 0.25) is 0 Å². The van der Waals surface area contributed by atoms with E-state index in [0.717, 1.165) is 50.9 Å². The second kappa shape index (κ2) is 10.4. The maximum atomic E-state index is 10.0. The van der Waals surface area contributed by atoms with E-state index in [-0.39, 0.29) is 6.61 Å². The SMILES string of the molecule is CNc1ccc(CCO)cc1C.O=CCC1CCOCC1. The first-order chi connectivity index (χ1) is 10.2. The quantitative estimate of drug-likeness (QED) is 0.819. The monoisotopic (exact) mass is 293 g/mol. The Bertz CT molecular complexity index is 414. The minimum Gasteiger partial charge on any atom is -0.396 e. The number of hydrogen-bond acceptors (Lipinski definition) is 4. The number of aldehydes is 1. The van der Waals surface area contributed by atoms with Crippen LogP contribution in [0.15, 0.2) is 18.2 Å². The molecule has 1 aliphatic rings. The van der Waals surface area contributed by atoms with Crippen LogP contribution in [-0.4, -0.2) is 38.3 Å². The lowest BCUT2D eigenvalue weighted by Crippen LogP contribution is -2.15. The zero-order valence-corrected chi connectivity index (χ0v) is 13.1. The van der Waals surface area contributed by atoms with Crippen molar-refractivity contribution in [3.63, 3.8) is 0 Å². The Hall–Kier alpha value is -1.39. The molecule has 0 atom stereocenters. The van der Waals surface area contributed by atoms with Crippen LogP contribution < -0.4 is 5.32 Å². The molecule has 0 saturated carbocycles. The van der Waals surface area contributed by atoms with Crippen LogP contribution >= 0.6 is 0 Å². The highest BCUT2D eigenvalue weighted by Gasteiger charge is 2.11. The molecule has 2 N–H and O–H groups in total. The van der Waals surface area contributed by atoms with Crippen LogP contribution in [0.2, 0.25) is 0 Å². The molecule has 0 aliphatic carbocycles. The predicted molar refractivity (Wildman–Crippen MR) is 85.7 cm³/mol. The van der Waals surface area contributed by atoms with Crippen molar-refractivity contribution in [3.8, 4) is 0 Å². The van der Waals surface area contributed by atoms with Crippen LogP contribution in [0.1, 0.15) is 30.4 Å². The first kappa shape index (κ1) is 17.7. The molecule has 1 aromatic rings. The summed E-state index contributed by atoms with van der Waals surface area (Å²) in [7, 11) is 1.91. The van der Waals surface area contributed by atoms with Crippen LogP contribution in [0.5, 0.6) is 0 Å². The fourth-order valence-electron chi connectivity index (χ4n) is 2.41. The van der Waals surface area contributed by atoms with Gasteiger partial charge in [-0.05, 0) is 49.3 Å². The third kappa shape index (κ3) is 6.74. The third-order valence-electron chi connectivity index (χ3n) is 3.73. The molecule has 0 spiro atoms. The van der Waals surface area contributed by atoms with Gasteiger partial charge in [-0.2, -0.15) is 0 Å². The molecule has 1 aromatic carbocycles. The number of carbonyl (C=O) groups excluding carboxylic acids is 1. The van der Waals surface area contributed by atoms with Gasteiger partial charge < -0.3 is 20.0 Å². The molecule has 4 heteroatoms. The highest BCUT2D eigenvalue weighted by atomic mass is 16.5. The molecule has 0 amide bonds. The van der Waals surface area contributed by atoms with Gasteiger partial charge in [0.25, 0.3) is 0 Å². The van der Waals surface area contributed by atoms with Gasteiger partial charge in [-0.15, -0.1) is 0 Å². The third-order valence-corrected chi connectivity index (χ3v) is 3.73. The summed E-state index contributed by atoms with van der Waals surface area (Å²) in [5, 5.41) is 11.8. The highest BCUT2D eigenvalue weighted by molar-refractivity contribution is 5.51. The van der Waals surface area contributed by atoms with E-state index in [4.69, 9.17) is 9.84 Å². The van der Waals surface area contributed by atoms with Crippen LogP contribution in [0.25, 0.3) is 0 Å². The number of carbonyl (C=O) groups is 1. The lowest BCUT2D eigenvalue weighted by atomic mass is 9.98. The minimum atomic E-state index is 0.221. The molecule has 4 nitrogen and oxygen atoms in total. The van der Waals surface area contributed by atoms with Gasteiger partial charge in [0.15, 0.2) is 0 Å². The van der Waals surface area contributed by atoms with E-state index in [2.05, 4.69) is 18.3 Å². The normalized spacial score (nSPS) is 15.0. The molecular weight excluding hydrogens is 266 g/mol. The zero-order chi connectivity index (χ0) is 15.5. The van der Waals surface area contributed by atoms with E-state index in [1.165, 1.54) is 11.1 Å². The number of aryl methyl sites for hydroxylation is 1. The van der Waals surface area contributed by atoms with Gasteiger partial charge in [0.1, 0.15) is 6.29 Å². The Morgan fingerprint density at radius 2 is 2.10 bits per heavy atom. The van der Waals surface area contributed by atoms with Crippen LogP contribution in [0, 0.1) is 12.8 Å². The smallest absolute Gasteiger partial charge is 0.120 e. The summed E-state index contributed by atoms with van der Waals surface area (Å²) >= 11 is 0. The predicted octanol–water partition coefficient (Wildman–Crippen LogP) is 2.57. The molecule has 1 aliphatic heterocycles. The zero-order valence-electron chi connectivity index (χ0n) is 13.1. The number of nitrogens with one attached hydrogen (secondary N) is 1. The maximum Gasteiger partial charge on any atom is 0.120 e. The first-order valence-corrected chi connectivity index (χ1v) is 7.60. The van der Waals surface area contributed by atoms with E-state index in [9.17, 15) is 4.79 Å². The molecule has 1 heterocycles. The summed E-state index contributed by atoms with van der Waals surface area (Å²) in [6.07, 6.45) is 4.61. The number of aliphatic hydroxyl groups is 1. The summed E-state index contributed by atoms with van der Waals surface area (Å²) in [5.41, 5.74) is 3.56. The van der Waals surface area contributed by atoms with E-state index in [1.807, 2.05) is 19.2 Å². The van der Waals surface area contributed by atoms with Crippen molar-refractivity contribution in [1.82, 2.24) is 0 Å². The van der Waals surface area contributed by atoms with Gasteiger partial charge in [0, 0.05) is 39.0 Å². The molecule has 1 fully saturated rings. The van der Waals surface area contributed by atoms with Gasteiger partial charge in [-0.1, -0.05) is 12.1 Å². The van der Waals surface area contributed by atoms with Gasteiger partial charge in [-0.25, -0.2) is 0 Å². The first-order valence-electron chi connectivity index (χ1n) is 7.60. The molecule has 118 valence electrons. The van der Waals surface area contributed by atoms with E-state index >= 15 is 0 Å². The van der Waals surface area contributed by atoms with E-state index in [1.54, 1.807) is 0 Å². The summed E-state index contributed by atoms with van der Waals surface area (Å²) in [5.74, 6) is 0.608. The van der Waals surface area contributed by atoms with Crippen molar-refractivity contribution >= 4 is 12.0 Å². The number of hydrogen-bond donors (Lipinski definition) is 2. The molecule has 0 aromatic heterocycles. The van der Waals surface area contributed by atoms with Gasteiger partial charge in [-0.3, -0.25) is 0 Å². The average Bonchev–Trinajstić information content (AvgIpc) is 2.50. The number of benzene rings is 1.